The average Bonchev–Trinajstić information content (AvgIpc) is 3.71. The van der Waals surface area contributed by atoms with Gasteiger partial charge in [-0.3, -0.25) is 19.3 Å². The fraction of sp³-hybridized carbons (Fsp3) is 0.327. The number of hydrogen-bond acceptors (Lipinski definition) is 8. The van der Waals surface area contributed by atoms with Crippen molar-refractivity contribution in [2.75, 3.05) is 37.2 Å². The van der Waals surface area contributed by atoms with Crippen LogP contribution in [0.2, 0.25) is 18.6 Å². The lowest BCUT2D eigenvalue weighted by Crippen LogP contribution is -2.52. The third-order valence-electron chi connectivity index (χ3n) is 13.5. The van der Waals surface area contributed by atoms with E-state index < -0.39 is 19.8 Å². The van der Waals surface area contributed by atoms with Gasteiger partial charge in [-0.05, 0) is 83.2 Å². The highest BCUT2D eigenvalue weighted by molar-refractivity contribution is 6.91. The Bertz CT molecular complexity index is 2490. The lowest BCUT2D eigenvalue weighted by atomic mass is 9.82. The van der Waals surface area contributed by atoms with Crippen LogP contribution in [0.5, 0.6) is 17.2 Å². The Labute approximate surface area is 357 Å². The van der Waals surface area contributed by atoms with Crippen molar-refractivity contribution in [1.82, 2.24) is 4.90 Å². The minimum atomic E-state index is -2.57. The second kappa shape index (κ2) is 15.8. The van der Waals surface area contributed by atoms with E-state index in [1.807, 2.05) is 97.1 Å². The Kier molecular flexibility index (Phi) is 10.5. The minimum absolute atomic E-state index is 0.0543. The summed E-state index contributed by atoms with van der Waals surface area (Å²) in [6.07, 6.45) is 0.00982. The van der Waals surface area contributed by atoms with E-state index in [0.717, 1.165) is 38.9 Å². The summed E-state index contributed by atoms with van der Waals surface area (Å²) in [4.78, 5) is 48.6. The first kappa shape index (κ1) is 40.5. The number of benzene rings is 5. The molecule has 1 saturated heterocycles. The summed E-state index contributed by atoms with van der Waals surface area (Å²) in [5.41, 5.74) is 4.31. The van der Waals surface area contributed by atoms with Crippen molar-refractivity contribution < 1.29 is 38.4 Å². The zero-order chi connectivity index (χ0) is 42.6. The molecule has 11 nitrogen and oxygen atoms in total. The normalized spacial score (nSPS) is 23.1. The SMILES string of the molecule is COc1ccc([Si](C)(C)[C@H]2[C@H](CC(=O)N3Cc4ccccc4C[C@H]3CO)O[C@@]3(C(=O)N(Cc4ccc(N5C(=O)COc6ccccc65)cc4)c4ccc(OC)cc43)[C@@H]2C)cc1. The molecule has 314 valence electrons. The molecule has 4 heterocycles. The van der Waals surface area contributed by atoms with E-state index >= 15 is 4.79 Å². The number of para-hydroxylation sites is 2. The molecule has 0 unspecified atom stereocenters. The van der Waals surface area contributed by atoms with Crippen LogP contribution >= 0.6 is 0 Å². The molecule has 3 amide bonds. The Morgan fingerprint density at radius 2 is 1.54 bits per heavy atom. The molecule has 61 heavy (non-hydrogen) atoms. The number of nitrogens with zero attached hydrogens (tertiary/aromatic N) is 3. The van der Waals surface area contributed by atoms with Crippen molar-refractivity contribution in [2.24, 2.45) is 5.92 Å². The summed E-state index contributed by atoms with van der Waals surface area (Å²) >= 11 is 0. The number of methoxy groups -OCH3 is 2. The van der Waals surface area contributed by atoms with Gasteiger partial charge in [0.15, 0.2) is 12.2 Å². The maximum Gasteiger partial charge on any atom is 0.269 e. The maximum absolute atomic E-state index is 15.5. The van der Waals surface area contributed by atoms with Gasteiger partial charge in [0.1, 0.15) is 17.2 Å². The summed E-state index contributed by atoms with van der Waals surface area (Å²) in [5.74, 6) is 1.19. The van der Waals surface area contributed by atoms with Gasteiger partial charge in [-0.15, -0.1) is 0 Å². The molecule has 12 heteroatoms. The minimum Gasteiger partial charge on any atom is -0.497 e. The van der Waals surface area contributed by atoms with E-state index in [-0.39, 0.29) is 61.4 Å². The van der Waals surface area contributed by atoms with E-state index in [0.29, 0.717) is 35.8 Å². The summed E-state index contributed by atoms with van der Waals surface area (Å²) in [5, 5.41) is 11.7. The van der Waals surface area contributed by atoms with Crippen molar-refractivity contribution in [3.8, 4) is 17.2 Å². The topological polar surface area (TPSA) is 118 Å². The van der Waals surface area contributed by atoms with Crippen molar-refractivity contribution >= 4 is 48.0 Å². The molecule has 1 spiro atoms. The van der Waals surface area contributed by atoms with Crippen LogP contribution in [0.25, 0.3) is 0 Å². The highest BCUT2D eigenvalue weighted by atomic mass is 28.3. The predicted molar refractivity (Wildman–Crippen MR) is 235 cm³/mol. The van der Waals surface area contributed by atoms with E-state index in [1.165, 1.54) is 0 Å². The molecule has 0 radical (unpaired) electrons. The van der Waals surface area contributed by atoms with E-state index in [2.05, 4.69) is 38.2 Å². The fourth-order valence-electron chi connectivity index (χ4n) is 10.4. The molecule has 5 atom stereocenters. The Morgan fingerprint density at radius 1 is 0.852 bits per heavy atom. The lowest BCUT2D eigenvalue weighted by Gasteiger charge is -2.39. The average molecular weight is 838 g/mol. The summed E-state index contributed by atoms with van der Waals surface area (Å²) < 4.78 is 24.3. The summed E-state index contributed by atoms with van der Waals surface area (Å²) in [6.45, 7) is 7.15. The van der Waals surface area contributed by atoms with Crippen LogP contribution in [0.3, 0.4) is 0 Å². The number of carbonyl (C=O) groups excluding carboxylic acids is 3. The molecule has 5 aromatic carbocycles. The van der Waals surface area contributed by atoms with Crippen molar-refractivity contribution in [1.29, 1.82) is 0 Å². The molecular formula is C49H51N3O8Si. The number of rotatable bonds is 10. The van der Waals surface area contributed by atoms with Gasteiger partial charge in [0.2, 0.25) is 5.91 Å². The van der Waals surface area contributed by atoms with Crippen LogP contribution in [0.1, 0.15) is 35.6 Å². The quantitative estimate of drug-likeness (QED) is 0.152. The monoisotopic (exact) mass is 837 g/mol. The van der Waals surface area contributed by atoms with Crippen LogP contribution in [-0.2, 0) is 44.2 Å². The van der Waals surface area contributed by atoms with Gasteiger partial charge in [0.05, 0.1) is 65.4 Å². The zero-order valence-corrected chi connectivity index (χ0v) is 36.2. The predicted octanol–water partition coefficient (Wildman–Crippen LogP) is 6.86. The molecule has 1 fully saturated rings. The number of aliphatic hydroxyl groups excluding tert-OH is 1. The number of fused-ring (bicyclic) bond motifs is 4. The second-order valence-electron chi connectivity index (χ2n) is 17.1. The van der Waals surface area contributed by atoms with Crippen molar-refractivity contribution in [2.45, 2.75) is 69.2 Å². The highest BCUT2D eigenvalue weighted by Gasteiger charge is 2.66. The Hall–Kier alpha value is -5.95. The highest BCUT2D eigenvalue weighted by Crippen LogP contribution is 2.60. The fourth-order valence-corrected chi connectivity index (χ4v) is 14.4. The summed E-state index contributed by atoms with van der Waals surface area (Å²) in [6, 6.07) is 36.7. The number of carbonyl (C=O) groups is 3. The van der Waals surface area contributed by atoms with Crippen LogP contribution in [-0.4, -0.2) is 75.4 Å². The molecule has 4 aliphatic rings. The third-order valence-corrected chi connectivity index (χ3v) is 17.9. The van der Waals surface area contributed by atoms with Crippen molar-refractivity contribution in [3.63, 3.8) is 0 Å². The third kappa shape index (κ3) is 6.77. The molecule has 0 aromatic heterocycles. The molecule has 4 aliphatic heterocycles. The lowest BCUT2D eigenvalue weighted by molar-refractivity contribution is -0.151. The van der Waals surface area contributed by atoms with Crippen LogP contribution in [0.15, 0.2) is 115 Å². The van der Waals surface area contributed by atoms with Gasteiger partial charge in [-0.2, -0.15) is 0 Å². The first-order valence-electron chi connectivity index (χ1n) is 20.9. The molecule has 0 saturated carbocycles. The molecular weight excluding hydrogens is 787 g/mol. The number of amides is 3. The van der Waals surface area contributed by atoms with Crippen LogP contribution in [0.4, 0.5) is 17.1 Å². The van der Waals surface area contributed by atoms with E-state index in [1.54, 1.807) is 28.9 Å². The number of anilines is 3. The molecule has 1 N–H and O–H groups in total. The molecule has 9 rings (SSSR count). The Balaban J connectivity index is 1.08. The molecule has 0 bridgehead atoms. The van der Waals surface area contributed by atoms with Crippen LogP contribution < -0.4 is 29.2 Å². The first-order valence-corrected chi connectivity index (χ1v) is 24.0. The van der Waals surface area contributed by atoms with Crippen LogP contribution in [0, 0.1) is 5.92 Å². The Morgan fingerprint density at radius 3 is 2.26 bits per heavy atom. The van der Waals surface area contributed by atoms with Crippen molar-refractivity contribution in [3.05, 3.63) is 138 Å². The number of aliphatic hydroxyl groups is 1. The van der Waals surface area contributed by atoms with Gasteiger partial charge < -0.3 is 33.9 Å². The number of ether oxygens (including phenoxy) is 4. The molecule has 5 aromatic rings. The first-order chi connectivity index (χ1) is 29.5. The van der Waals surface area contributed by atoms with Gasteiger partial charge in [-0.25, -0.2) is 0 Å². The standard InChI is InChI=1S/C49H51N3O8Si/c1-31-47(61(4,5)39-21-18-37(57-2)19-22-39)44(26-45(54)50-28-34-11-7-6-10-33(34)24-36(50)29-53)60-49(31)40-25-38(58-3)20-23-41(40)51(48(49)56)27-32-14-16-35(17-15-32)52-42-12-8-9-13-43(42)59-30-46(52)55/h6-23,25,31,36,44,47,53H,24,26-30H2,1-5H3/t31-,36+,44+,47-,49+/m1/s1. The van der Waals surface area contributed by atoms with Gasteiger partial charge in [0.25, 0.3) is 11.8 Å². The summed E-state index contributed by atoms with van der Waals surface area (Å²) in [7, 11) is 0.692. The zero-order valence-electron chi connectivity index (χ0n) is 35.2. The largest absolute Gasteiger partial charge is 0.497 e. The number of hydrogen-bond donors (Lipinski definition) is 1. The van der Waals surface area contributed by atoms with Gasteiger partial charge >= 0.3 is 0 Å². The van der Waals surface area contributed by atoms with E-state index in [4.69, 9.17) is 18.9 Å². The van der Waals surface area contributed by atoms with Gasteiger partial charge in [-0.1, -0.05) is 85.9 Å². The smallest absolute Gasteiger partial charge is 0.269 e. The molecule has 0 aliphatic carbocycles. The van der Waals surface area contributed by atoms with Gasteiger partial charge in [0, 0.05) is 23.7 Å². The van der Waals surface area contributed by atoms with E-state index in [9.17, 15) is 14.7 Å². The maximum atomic E-state index is 15.5. The second-order valence-corrected chi connectivity index (χ2v) is 21.8.